The first-order valence-electron chi connectivity index (χ1n) is 10.5. The SMILES string of the molecule is O=C(Cc1ccncc1F)c1ccc(-c2c(-c3ccc(F)cc3)ncn2Cc2ccncc2)o1. The van der Waals surface area contributed by atoms with Gasteiger partial charge >= 0.3 is 0 Å². The van der Waals surface area contributed by atoms with Gasteiger partial charge in [-0.25, -0.2) is 13.8 Å². The molecule has 168 valence electrons. The minimum Gasteiger partial charge on any atom is -0.451 e. The van der Waals surface area contributed by atoms with Gasteiger partial charge in [-0.1, -0.05) is 0 Å². The summed E-state index contributed by atoms with van der Waals surface area (Å²) < 4.78 is 35.3. The number of pyridine rings is 2. The molecule has 0 saturated heterocycles. The molecule has 0 bridgehead atoms. The number of rotatable bonds is 7. The number of carbonyl (C=O) groups excluding carboxylic acids is 1. The van der Waals surface area contributed by atoms with Gasteiger partial charge in [0.1, 0.15) is 17.3 Å². The Labute approximate surface area is 193 Å². The average Bonchev–Trinajstić information content (AvgIpc) is 3.49. The molecule has 0 atom stereocenters. The van der Waals surface area contributed by atoms with E-state index in [1.165, 1.54) is 24.4 Å². The van der Waals surface area contributed by atoms with E-state index in [0.29, 0.717) is 29.3 Å². The summed E-state index contributed by atoms with van der Waals surface area (Å²) in [4.78, 5) is 25.1. The van der Waals surface area contributed by atoms with E-state index < -0.39 is 5.82 Å². The average molecular weight is 456 g/mol. The van der Waals surface area contributed by atoms with Crippen molar-refractivity contribution in [1.29, 1.82) is 0 Å². The number of hydrogen-bond acceptors (Lipinski definition) is 5. The van der Waals surface area contributed by atoms with Crippen LogP contribution in [0, 0.1) is 11.6 Å². The van der Waals surface area contributed by atoms with Crippen LogP contribution in [-0.2, 0) is 13.0 Å². The highest BCUT2D eigenvalue weighted by Crippen LogP contribution is 2.33. The van der Waals surface area contributed by atoms with Crippen molar-refractivity contribution in [2.45, 2.75) is 13.0 Å². The number of aromatic nitrogens is 4. The molecule has 0 aliphatic carbocycles. The number of furan rings is 1. The lowest BCUT2D eigenvalue weighted by molar-refractivity contribution is 0.0966. The maximum absolute atomic E-state index is 13.9. The topological polar surface area (TPSA) is 73.8 Å². The third-order valence-electron chi connectivity index (χ3n) is 5.38. The molecule has 0 unspecified atom stereocenters. The van der Waals surface area contributed by atoms with Gasteiger partial charge in [-0.2, -0.15) is 0 Å². The first-order valence-corrected chi connectivity index (χ1v) is 10.5. The molecular weight excluding hydrogens is 438 g/mol. The second-order valence-corrected chi connectivity index (χ2v) is 7.66. The van der Waals surface area contributed by atoms with E-state index in [-0.39, 0.29) is 29.3 Å². The van der Waals surface area contributed by atoms with Gasteiger partial charge in [0, 0.05) is 37.1 Å². The lowest BCUT2D eigenvalue weighted by atomic mass is 10.1. The van der Waals surface area contributed by atoms with E-state index in [0.717, 1.165) is 11.8 Å². The van der Waals surface area contributed by atoms with E-state index in [9.17, 15) is 13.6 Å². The van der Waals surface area contributed by atoms with Gasteiger partial charge < -0.3 is 8.98 Å². The lowest BCUT2D eigenvalue weighted by Gasteiger charge is -2.09. The highest BCUT2D eigenvalue weighted by atomic mass is 19.1. The maximum Gasteiger partial charge on any atom is 0.202 e. The standard InChI is InChI=1S/C26H18F2N4O2/c27-20-3-1-18(2-4-20)25-26(32(16-31-25)15-17-7-10-29-11-8-17)24-6-5-23(34-24)22(33)13-19-9-12-30-14-21(19)28/h1-12,14,16H,13,15H2. The van der Waals surface area contributed by atoms with Crippen LogP contribution in [0.3, 0.4) is 0 Å². The van der Waals surface area contributed by atoms with E-state index >= 15 is 0 Å². The van der Waals surface area contributed by atoms with Crippen molar-refractivity contribution in [1.82, 2.24) is 19.5 Å². The second kappa shape index (κ2) is 9.19. The minimum absolute atomic E-state index is 0.105. The van der Waals surface area contributed by atoms with Crippen LogP contribution in [0.25, 0.3) is 22.7 Å². The van der Waals surface area contributed by atoms with Gasteiger partial charge in [0.05, 0.1) is 18.2 Å². The molecule has 34 heavy (non-hydrogen) atoms. The minimum atomic E-state index is -0.545. The number of Topliss-reactive ketones (excluding diaryl/α,β-unsaturated/α-hetero) is 1. The molecule has 0 amide bonds. The smallest absolute Gasteiger partial charge is 0.202 e. The van der Waals surface area contributed by atoms with Crippen LogP contribution < -0.4 is 0 Å². The zero-order chi connectivity index (χ0) is 23.5. The van der Waals surface area contributed by atoms with Gasteiger partial charge in [0.25, 0.3) is 0 Å². The van der Waals surface area contributed by atoms with Gasteiger partial charge in [0.15, 0.2) is 11.5 Å². The van der Waals surface area contributed by atoms with Crippen LogP contribution >= 0.6 is 0 Å². The van der Waals surface area contributed by atoms with Gasteiger partial charge in [-0.3, -0.25) is 14.8 Å². The van der Waals surface area contributed by atoms with E-state index in [1.807, 2.05) is 16.7 Å². The summed E-state index contributed by atoms with van der Waals surface area (Å²) >= 11 is 0. The van der Waals surface area contributed by atoms with Gasteiger partial charge in [0.2, 0.25) is 5.78 Å². The van der Waals surface area contributed by atoms with Gasteiger partial charge in [-0.05, 0) is 65.7 Å². The largest absolute Gasteiger partial charge is 0.451 e. The Balaban J connectivity index is 1.52. The molecule has 0 aliphatic rings. The third kappa shape index (κ3) is 4.38. The Morgan fingerprint density at radius 3 is 2.44 bits per heavy atom. The van der Waals surface area contributed by atoms with Crippen LogP contribution in [0.4, 0.5) is 8.78 Å². The molecule has 6 nitrogen and oxygen atoms in total. The molecule has 0 radical (unpaired) electrons. The van der Waals surface area contributed by atoms with Crippen LogP contribution in [0.15, 0.2) is 90.1 Å². The molecule has 5 rings (SSSR count). The fraction of sp³-hybridized carbons (Fsp3) is 0.0769. The van der Waals surface area contributed by atoms with E-state index in [2.05, 4.69) is 15.0 Å². The summed E-state index contributed by atoms with van der Waals surface area (Å²) in [6, 6.07) is 14.5. The predicted octanol–water partition coefficient (Wildman–Crippen LogP) is 5.35. The second-order valence-electron chi connectivity index (χ2n) is 7.66. The molecule has 4 heterocycles. The first-order chi connectivity index (χ1) is 16.6. The molecule has 0 aliphatic heterocycles. The van der Waals surface area contributed by atoms with Crippen molar-refractivity contribution < 1.29 is 18.0 Å². The van der Waals surface area contributed by atoms with Crippen molar-refractivity contribution in [2.75, 3.05) is 0 Å². The number of ketones is 1. The summed E-state index contributed by atoms with van der Waals surface area (Å²) in [5.41, 5.74) is 3.16. The summed E-state index contributed by atoms with van der Waals surface area (Å²) in [5.74, 6) is -0.732. The molecule has 4 aromatic heterocycles. The van der Waals surface area contributed by atoms with Crippen molar-refractivity contribution in [3.63, 3.8) is 0 Å². The monoisotopic (exact) mass is 456 g/mol. The van der Waals surface area contributed by atoms with Crippen LogP contribution in [-0.4, -0.2) is 25.3 Å². The zero-order valence-corrected chi connectivity index (χ0v) is 17.9. The Morgan fingerprint density at radius 2 is 1.68 bits per heavy atom. The Morgan fingerprint density at radius 1 is 0.912 bits per heavy atom. The molecule has 0 spiro atoms. The Kier molecular flexibility index (Phi) is 5.78. The predicted molar refractivity (Wildman–Crippen MR) is 121 cm³/mol. The maximum atomic E-state index is 13.9. The number of carbonyl (C=O) groups is 1. The Hall–Kier alpha value is -4.46. The van der Waals surface area contributed by atoms with E-state index in [4.69, 9.17) is 4.42 Å². The van der Waals surface area contributed by atoms with Crippen LogP contribution in [0.1, 0.15) is 21.7 Å². The number of halogens is 2. The van der Waals surface area contributed by atoms with Crippen molar-refractivity contribution in [2.24, 2.45) is 0 Å². The van der Waals surface area contributed by atoms with Crippen molar-refractivity contribution >= 4 is 5.78 Å². The normalized spacial score (nSPS) is 11.0. The molecule has 0 fully saturated rings. The fourth-order valence-corrected chi connectivity index (χ4v) is 3.69. The quantitative estimate of drug-likeness (QED) is 0.309. The lowest BCUT2D eigenvalue weighted by Crippen LogP contribution is -2.04. The summed E-state index contributed by atoms with van der Waals surface area (Å²) in [6.07, 6.45) is 7.44. The molecular formula is C26H18F2N4O2. The van der Waals surface area contributed by atoms with Crippen molar-refractivity contribution in [3.8, 4) is 22.7 Å². The number of imidazole rings is 1. The molecule has 1 aromatic carbocycles. The first kappa shape index (κ1) is 21.4. The summed E-state index contributed by atoms with van der Waals surface area (Å²) in [7, 11) is 0. The highest BCUT2D eigenvalue weighted by molar-refractivity contribution is 5.95. The Bertz CT molecular complexity index is 1440. The summed E-state index contributed by atoms with van der Waals surface area (Å²) in [5, 5.41) is 0. The van der Waals surface area contributed by atoms with Crippen LogP contribution in [0.5, 0.6) is 0 Å². The fourth-order valence-electron chi connectivity index (χ4n) is 3.69. The molecule has 8 heteroatoms. The number of benzene rings is 1. The number of hydrogen-bond donors (Lipinski definition) is 0. The van der Waals surface area contributed by atoms with Crippen LogP contribution in [0.2, 0.25) is 0 Å². The number of nitrogens with zero attached hydrogens (tertiary/aromatic N) is 4. The van der Waals surface area contributed by atoms with Crippen molar-refractivity contribution in [3.05, 3.63) is 114 Å². The molecule has 0 saturated carbocycles. The molecule has 0 N–H and O–H groups in total. The van der Waals surface area contributed by atoms with E-state index in [1.54, 1.807) is 43.0 Å². The molecule has 5 aromatic rings. The highest BCUT2D eigenvalue weighted by Gasteiger charge is 2.21. The van der Waals surface area contributed by atoms with Gasteiger partial charge in [-0.15, -0.1) is 0 Å². The third-order valence-corrected chi connectivity index (χ3v) is 5.38. The summed E-state index contributed by atoms with van der Waals surface area (Å²) in [6.45, 7) is 0.484. The zero-order valence-electron chi connectivity index (χ0n) is 17.9.